The molecule has 0 aliphatic carbocycles. The topological polar surface area (TPSA) is 69.2 Å². The molecule has 0 heterocycles. The molecule has 0 aliphatic rings. The number of rotatable bonds is 2. The lowest BCUT2D eigenvalue weighted by Crippen LogP contribution is -1.93. The molecule has 0 aromatic heterocycles. The van der Waals surface area contributed by atoms with Crippen molar-refractivity contribution in [3.8, 4) is 11.1 Å². The summed E-state index contributed by atoms with van der Waals surface area (Å²) in [6, 6.07) is 14.9. The maximum absolute atomic E-state index is 10.9. The van der Waals surface area contributed by atoms with Gasteiger partial charge in [0.25, 0.3) is 5.69 Å². The third-order valence-electron chi connectivity index (χ3n) is 3.94. The number of nitro groups is 1. The van der Waals surface area contributed by atoms with Crippen LogP contribution in [0.2, 0.25) is 0 Å². The number of hydrogen-bond donors (Lipinski definition) is 1. The number of fused-ring (bicyclic) bond motifs is 1. The molecule has 0 amide bonds. The van der Waals surface area contributed by atoms with E-state index in [4.69, 9.17) is 5.73 Å². The van der Waals surface area contributed by atoms with Crippen LogP contribution in [0.5, 0.6) is 0 Å². The van der Waals surface area contributed by atoms with Gasteiger partial charge in [-0.05, 0) is 65.1 Å². The quantitative estimate of drug-likeness (QED) is 0.426. The van der Waals surface area contributed by atoms with Crippen molar-refractivity contribution in [2.45, 2.75) is 13.8 Å². The van der Waals surface area contributed by atoms with E-state index in [1.807, 2.05) is 44.2 Å². The molecule has 22 heavy (non-hydrogen) atoms. The molecule has 0 atom stereocenters. The van der Waals surface area contributed by atoms with Crippen molar-refractivity contribution in [3.05, 3.63) is 69.8 Å². The van der Waals surface area contributed by atoms with E-state index in [9.17, 15) is 10.1 Å². The van der Waals surface area contributed by atoms with Gasteiger partial charge in [-0.2, -0.15) is 0 Å². The van der Waals surface area contributed by atoms with Crippen LogP contribution in [-0.4, -0.2) is 4.92 Å². The first-order valence-corrected chi connectivity index (χ1v) is 7.01. The molecular weight excluding hydrogens is 276 g/mol. The molecule has 0 spiro atoms. The van der Waals surface area contributed by atoms with Crippen molar-refractivity contribution >= 4 is 22.1 Å². The van der Waals surface area contributed by atoms with E-state index in [1.165, 1.54) is 0 Å². The Hall–Kier alpha value is -2.88. The summed E-state index contributed by atoms with van der Waals surface area (Å²) < 4.78 is 0. The smallest absolute Gasteiger partial charge is 0.269 e. The summed E-state index contributed by atoms with van der Waals surface area (Å²) in [6.45, 7) is 3.95. The van der Waals surface area contributed by atoms with Gasteiger partial charge in [0.05, 0.1) is 4.92 Å². The number of nitrogen functional groups attached to an aromatic ring is 1. The summed E-state index contributed by atoms with van der Waals surface area (Å²) in [4.78, 5) is 10.5. The lowest BCUT2D eigenvalue weighted by molar-refractivity contribution is -0.384. The van der Waals surface area contributed by atoms with Crippen LogP contribution in [0, 0.1) is 24.0 Å². The van der Waals surface area contributed by atoms with E-state index >= 15 is 0 Å². The van der Waals surface area contributed by atoms with Crippen molar-refractivity contribution in [1.82, 2.24) is 0 Å². The lowest BCUT2D eigenvalue weighted by Gasteiger charge is -2.13. The zero-order valence-electron chi connectivity index (χ0n) is 12.5. The van der Waals surface area contributed by atoms with Crippen LogP contribution >= 0.6 is 0 Å². The highest BCUT2D eigenvalue weighted by molar-refractivity contribution is 6.00. The molecular formula is C18H16N2O2. The highest BCUT2D eigenvalue weighted by Gasteiger charge is 2.13. The van der Waals surface area contributed by atoms with Gasteiger partial charge in [-0.1, -0.05) is 18.2 Å². The number of anilines is 1. The Morgan fingerprint density at radius 3 is 2.41 bits per heavy atom. The number of hydrogen-bond acceptors (Lipinski definition) is 3. The Labute approximate surface area is 128 Å². The fraction of sp³-hybridized carbons (Fsp3) is 0.111. The fourth-order valence-corrected chi connectivity index (χ4v) is 2.86. The summed E-state index contributed by atoms with van der Waals surface area (Å²) in [7, 11) is 0. The molecule has 0 radical (unpaired) electrons. The molecule has 0 saturated heterocycles. The molecule has 0 aliphatic heterocycles. The number of nitro benzene ring substituents is 1. The van der Waals surface area contributed by atoms with Gasteiger partial charge in [0.2, 0.25) is 0 Å². The summed E-state index contributed by atoms with van der Waals surface area (Å²) in [5.74, 6) is 0. The van der Waals surface area contributed by atoms with E-state index in [0.717, 1.165) is 38.7 Å². The van der Waals surface area contributed by atoms with Crippen molar-refractivity contribution in [1.29, 1.82) is 0 Å². The van der Waals surface area contributed by atoms with Crippen LogP contribution in [0.15, 0.2) is 48.5 Å². The summed E-state index contributed by atoms with van der Waals surface area (Å²) in [5, 5.41) is 13.1. The van der Waals surface area contributed by atoms with E-state index in [1.54, 1.807) is 12.1 Å². The second-order valence-corrected chi connectivity index (χ2v) is 5.49. The molecule has 4 nitrogen and oxygen atoms in total. The minimum absolute atomic E-state index is 0.114. The Bertz CT molecular complexity index is 901. The van der Waals surface area contributed by atoms with Gasteiger partial charge in [-0.15, -0.1) is 0 Å². The van der Waals surface area contributed by atoms with Gasteiger partial charge in [0.15, 0.2) is 0 Å². The van der Waals surface area contributed by atoms with Crippen molar-refractivity contribution in [2.75, 3.05) is 5.73 Å². The molecule has 0 bridgehead atoms. The molecule has 0 fully saturated rings. The first-order chi connectivity index (χ1) is 10.5. The van der Waals surface area contributed by atoms with Gasteiger partial charge >= 0.3 is 0 Å². The van der Waals surface area contributed by atoms with Crippen molar-refractivity contribution in [3.63, 3.8) is 0 Å². The molecule has 3 aromatic rings. The maximum Gasteiger partial charge on any atom is 0.269 e. The van der Waals surface area contributed by atoms with Gasteiger partial charge in [-0.25, -0.2) is 0 Å². The SMILES string of the molecule is Cc1cc([N+](=O)[O-])ccc1-c1c(C)ccc2cc(N)ccc12. The van der Waals surface area contributed by atoms with E-state index in [-0.39, 0.29) is 10.6 Å². The first kappa shape index (κ1) is 14.1. The zero-order chi connectivity index (χ0) is 15.9. The van der Waals surface area contributed by atoms with Crippen LogP contribution in [0.4, 0.5) is 11.4 Å². The van der Waals surface area contributed by atoms with Crippen molar-refractivity contribution < 1.29 is 4.92 Å². The molecule has 0 saturated carbocycles. The number of benzene rings is 3. The number of non-ortho nitro benzene ring substituents is 1. The predicted molar refractivity (Wildman–Crippen MR) is 89.9 cm³/mol. The lowest BCUT2D eigenvalue weighted by atomic mass is 9.91. The average molecular weight is 292 g/mol. The highest BCUT2D eigenvalue weighted by atomic mass is 16.6. The molecule has 110 valence electrons. The Morgan fingerprint density at radius 1 is 0.955 bits per heavy atom. The molecule has 3 rings (SSSR count). The number of nitrogens with two attached hydrogens (primary N) is 1. The Balaban J connectivity index is 2.30. The van der Waals surface area contributed by atoms with Crippen molar-refractivity contribution in [2.24, 2.45) is 0 Å². The second kappa shape index (κ2) is 5.15. The molecule has 2 N–H and O–H groups in total. The molecule has 3 aromatic carbocycles. The summed E-state index contributed by atoms with van der Waals surface area (Å²) in [6.07, 6.45) is 0. The third kappa shape index (κ3) is 2.29. The number of aryl methyl sites for hydroxylation is 2. The Kier molecular flexibility index (Phi) is 3.29. The fourth-order valence-electron chi connectivity index (χ4n) is 2.86. The number of nitrogens with zero attached hydrogens (tertiary/aromatic N) is 1. The van der Waals surface area contributed by atoms with E-state index < -0.39 is 0 Å². The molecule has 4 heteroatoms. The minimum atomic E-state index is -0.368. The van der Waals surface area contributed by atoms with Crippen LogP contribution in [-0.2, 0) is 0 Å². The predicted octanol–water partition coefficient (Wildman–Crippen LogP) is 4.61. The largest absolute Gasteiger partial charge is 0.399 e. The maximum atomic E-state index is 10.9. The van der Waals surface area contributed by atoms with Crippen LogP contribution in [0.25, 0.3) is 21.9 Å². The van der Waals surface area contributed by atoms with Gasteiger partial charge in [-0.3, -0.25) is 10.1 Å². The average Bonchev–Trinajstić information content (AvgIpc) is 2.48. The first-order valence-electron chi connectivity index (χ1n) is 7.01. The van der Waals surface area contributed by atoms with Crippen LogP contribution < -0.4 is 5.73 Å². The standard InChI is InChI=1S/C18H16N2O2/c1-11-3-4-13-10-14(19)5-7-17(13)18(11)16-8-6-15(20(21)22)9-12(16)2/h3-10H,19H2,1-2H3. The van der Waals surface area contributed by atoms with Gasteiger partial charge in [0, 0.05) is 17.8 Å². The van der Waals surface area contributed by atoms with Crippen LogP contribution in [0.3, 0.4) is 0 Å². The summed E-state index contributed by atoms with van der Waals surface area (Å²) in [5.41, 5.74) is 10.8. The van der Waals surface area contributed by atoms with Gasteiger partial charge in [0.1, 0.15) is 0 Å². The normalized spacial score (nSPS) is 10.8. The van der Waals surface area contributed by atoms with Gasteiger partial charge < -0.3 is 5.73 Å². The Morgan fingerprint density at radius 2 is 1.73 bits per heavy atom. The van der Waals surface area contributed by atoms with Crippen LogP contribution in [0.1, 0.15) is 11.1 Å². The van der Waals surface area contributed by atoms with E-state index in [0.29, 0.717) is 0 Å². The zero-order valence-corrected chi connectivity index (χ0v) is 12.5. The van der Waals surface area contributed by atoms with E-state index in [2.05, 4.69) is 6.07 Å². The minimum Gasteiger partial charge on any atom is -0.399 e. The summed E-state index contributed by atoms with van der Waals surface area (Å²) >= 11 is 0. The monoisotopic (exact) mass is 292 g/mol. The molecule has 0 unspecified atom stereocenters. The second-order valence-electron chi connectivity index (χ2n) is 5.49. The highest BCUT2D eigenvalue weighted by Crippen LogP contribution is 2.35. The third-order valence-corrected chi connectivity index (χ3v) is 3.94.